The van der Waals surface area contributed by atoms with Crippen molar-refractivity contribution < 1.29 is 4.52 Å². The average Bonchev–Trinajstić information content (AvgIpc) is 2.81. The molecule has 4 nitrogen and oxygen atoms in total. The molecular formula is C12H8ClN3O. The van der Waals surface area contributed by atoms with E-state index in [1.807, 2.05) is 37.3 Å². The van der Waals surface area contributed by atoms with E-state index in [2.05, 4.69) is 15.4 Å². The van der Waals surface area contributed by atoms with Gasteiger partial charge < -0.3 is 4.52 Å². The van der Waals surface area contributed by atoms with Crippen molar-refractivity contribution in [1.82, 2.24) is 15.4 Å². The number of halogens is 1. The summed E-state index contributed by atoms with van der Waals surface area (Å²) in [6.07, 6.45) is 0. The Morgan fingerprint density at radius 3 is 2.65 bits per heavy atom. The minimum Gasteiger partial charge on any atom is -0.355 e. The van der Waals surface area contributed by atoms with Crippen LogP contribution in [0.5, 0.6) is 0 Å². The fourth-order valence-electron chi connectivity index (χ4n) is 1.77. The maximum atomic E-state index is 5.93. The van der Waals surface area contributed by atoms with Gasteiger partial charge in [-0.05, 0) is 6.92 Å². The fraction of sp³-hybridized carbons (Fsp3) is 0.0833. The summed E-state index contributed by atoms with van der Waals surface area (Å²) in [5.41, 5.74) is 2.25. The quantitative estimate of drug-likeness (QED) is 0.660. The van der Waals surface area contributed by atoms with Crippen molar-refractivity contribution in [3.05, 3.63) is 41.2 Å². The second kappa shape index (κ2) is 3.82. The Labute approximate surface area is 102 Å². The normalized spacial score (nSPS) is 10.9. The zero-order chi connectivity index (χ0) is 11.8. The number of nitrogens with zero attached hydrogens (tertiary/aromatic N) is 3. The molecule has 3 rings (SSSR count). The number of hydrogen-bond acceptors (Lipinski definition) is 4. The second-order valence-corrected chi connectivity index (χ2v) is 4.04. The molecule has 0 unspecified atom stereocenters. The van der Waals surface area contributed by atoms with Gasteiger partial charge in [0.25, 0.3) is 0 Å². The summed E-state index contributed by atoms with van der Waals surface area (Å²) in [6.45, 7) is 1.86. The van der Waals surface area contributed by atoms with E-state index < -0.39 is 0 Å². The van der Waals surface area contributed by atoms with Crippen LogP contribution in [0.4, 0.5) is 0 Å². The minimum absolute atomic E-state index is 0.261. The lowest BCUT2D eigenvalue weighted by Crippen LogP contribution is -1.89. The first kappa shape index (κ1) is 10.2. The van der Waals surface area contributed by atoms with Crippen molar-refractivity contribution >= 4 is 22.5 Å². The van der Waals surface area contributed by atoms with E-state index in [1.54, 1.807) is 0 Å². The number of aromatic nitrogens is 3. The molecule has 2 heterocycles. The number of benzene rings is 1. The van der Waals surface area contributed by atoms with Gasteiger partial charge in [-0.15, -0.1) is 5.10 Å². The number of hydrogen-bond donors (Lipinski definition) is 0. The highest BCUT2D eigenvalue weighted by atomic mass is 35.5. The van der Waals surface area contributed by atoms with E-state index in [1.165, 1.54) is 0 Å². The number of aryl methyl sites for hydroxylation is 1. The lowest BCUT2D eigenvalue weighted by atomic mass is 10.1. The molecule has 17 heavy (non-hydrogen) atoms. The summed E-state index contributed by atoms with van der Waals surface area (Å²) in [4.78, 5) is 0. The van der Waals surface area contributed by atoms with Crippen molar-refractivity contribution in [1.29, 1.82) is 0 Å². The van der Waals surface area contributed by atoms with Crippen LogP contribution in [0.25, 0.3) is 22.2 Å². The Morgan fingerprint density at radius 1 is 1.12 bits per heavy atom. The predicted octanol–water partition coefficient (Wildman–Crippen LogP) is 3.25. The van der Waals surface area contributed by atoms with Crippen LogP contribution in [0, 0.1) is 6.92 Å². The van der Waals surface area contributed by atoms with Crippen LogP contribution in [0.3, 0.4) is 0 Å². The smallest absolute Gasteiger partial charge is 0.181 e. The zero-order valence-electron chi connectivity index (χ0n) is 9.01. The van der Waals surface area contributed by atoms with E-state index in [9.17, 15) is 0 Å². The molecule has 2 aromatic heterocycles. The van der Waals surface area contributed by atoms with E-state index >= 15 is 0 Å². The molecular weight excluding hydrogens is 238 g/mol. The first-order valence-electron chi connectivity index (χ1n) is 5.11. The molecule has 0 N–H and O–H groups in total. The standard InChI is InChI=1S/C12H8ClN3O/c1-7-9-10(12(13)15-14-7)16-17-11(9)8-5-3-2-4-6-8/h2-6H,1H3. The molecule has 0 saturated heterocycles. The van der Waals surface area contributed by atoms with E-state index in [0.29, 0.717) is 11.3 Å². The van der Waals surface area contributed by atoms with Gasteiger partial charge in [-0.2, -0.15) is 5.10 Å². The molecule has 0 fully saturated rings. The molecule has 0 bridgehead atoms. The second-order valence-electron chi connectivity index (χ2n) is 3.68. The molecule has 0 saturated carbocycles. The van der Waals surface area contributed by atoms with Crippen LogP contribution in [0.15, 0.2) is 34.9 Å². The van der Waals surface area contributed by atoms with Crippen LogP contribution in [-0.4, -0.2) is 15.4 Å². The summed E-state index contributed by atoms with van der Waals surface area (Å²) in [5.74, 6) is 0.676. The predicted molar refractivity (Wildman–Crippen MR) is 64.8 cm³/mol. The van der Waals surface area contributed by atoms with Crippen molar-refractivity contribution in [3.8, 4) is 11.3 Å². The maximum Gasteiger partial charge on any atom is 0.181 e. The first-order chi connectivity index (χ1) is 8.27. The Kier molecular flexibility index (Phi) is 2.30. The van der Waals surface area contributed by atoms with Crippen LogP contribution in [0.1, 0.15) is 5.69 Å². The third kappa shape index (κ3) is 1.57. The molecule has 0 spiro atoms. The van der Waals surface area contributed by atoms with Gasteiger partial charge in [0.15, 0.2) is 16.4 Å². The topological polar surface area (TPSA) is 51.8 Å². The van der Waals surface area contributed by atoms with Crippen molar-refractivity contribution in [3.63, 3.8) is 0 Å². The lowest BCUT2D eigenvalue weighted by molar-refractivity contribution is 0.441. The third-order valence-corrected chi connectivity index (χ3v) is 2.83. The number of rotatable bonds is 1. The molecule has 1 aromatic carbocycles. The van der Waals surface area contributed by atoms with Gasteiger partial charge in [-0.1, -0.05) is 47.1 Å². The zero-order valence-corrected chi connectivity index (χ0v) is 9.77. The summed E-state index contributed by atoms with van der Waals surface area (Å²) in [6, 6.07) is 9.73. The molecule has 84 valence electrons. The van der Waals surface area contributed by atoms with Crippen LogP contribution >= 0.6 is 11.6 Å². The average molecular weight is 246 g/mol. The highest BCUT2D eigenvalue weighted by Gasteiger charge is 2.16. The van der Waals surface area contributed by atoms with Gasteiger partial charge in [0.1, 0.15) is 0 Å². The summed E-state index contributed by atoms with van der Waals surface area (Å²) < 4.78 is 5.35. The van der Waals surface area contributed by atoms with Gasteiger partial charge in [-0.25, -0.2) is 0 Å². The minimum atomic E-state index is 0.261. The highest BCUT2D eigenvalue weighted by molar-refractivity contribution is 6.34. The fourth-order valence-corrected chi connectivity index (χ4v) is 1.94. The lowest BCUT2D eigenvalue weighted by Gasteiger charge is -1.98. The SMILES string of the molecule is Cc1nnc(Cl)c2noc(-c3ccccc3)c12. The molecule has 0 aliphatic carbocycles. The van der Waals surface area contributed by atoms with E-state index in [0.717, 1.165) is 16.6 Å². The Hall–Kier alpha value is -1.94. The molecule has 0 aliphatic rings. The van der Waals surface area contributed by atoms with Crippen LogP contribution in [-0.2, 0) is 0 Å². The van der Waals surface area contributed by atoms with Crippen molar-refractivity contribution in [2.24, 2.45) is 0 Å². The van der Waals surface area contributed by atoms with Gasteiger partial charge in [0.2, 0.25) is 0 Å². The third-order valence-electron chi connectivity index (χ3n) is 2.57. The molecule has 0 atom stereocenters. The monoisotopic (exact) mass is 245 g/mol. The molecule has 0 aliphatic heterocycles. The van der Waals surface area contributed by atoms with E-state index in [-0.39, 0.29) is 5.15 Å². The Morgan fingerprint density at radius 2 is 1.88 bits per heavy atom. The van der Waals surface area contributed by atoms with Crippen molar-refractivity contribution in [2.45, 2.75) is 6.92 Å². The van der Waals surface area contributed by atoms with Gasteiger partial charge >= 0.3 is 0 Å². The highest BCUT2D eigenvalue weighted by Crippen LogP contribution is 2.32. The molecule has 3 aromatic rings. The summed E-state index contributed by atoms with van der Waals surface area (Å²) in [5, 5.41) is 12.8. The summed E-state index contributed by atoms with van der Waals surface area (Å²) in [7, 11) is 0. The van der Waals surface area contributed by atoms with Crippen LogP contribution < -0.4 is 0 Å². The maximum absolute atomic E-state index is 5.93. The Bertz CT molecular complexity index is 679. The Balaban J connectivity index is 2.36. The molecule has 5 heteroatoms. The van der Waals surface area contributed by atoms with Gasteiger partial charge in [0.05, 0.1) is 11.1 Å². The van der Waals surface area contributed by atoms with Crippen molar-refractivity contribution in [2.75, 3.05) is 0 Å². The van der Waals surface area contributed by atoms with Gasteiger partial charge in [0, 0.05) is 5.56 Å². The molecule has 0 radical (unpaired) electrons. The summed E-state index contributed by atoms with van der Waals surface area (Å²) >= 11 is 5.93. The largest absolute Gasteiger partial charge is 0.355 e. The van der Waals surface area contributed by atoms with Gasteiger partial charge in [-0.3, -0.25) is 0 Å². The van der Waals surface area contributed by atoms with Crippen LogP contribution in [0.2, 0.25) is 5.15 Å². The van der Waals surface area contributed by atoms with E-state index in [4.69, 9.17) is 16.1 Å². The number of fused-ring (bicyclic) bond motifs is 1. The molecule has 0 amide bonds. The first-order valence-corrected chi connectivity index (χ1v) is 5.49.